The van der Waals surface area contributed by atoms with Crippen LogP contribution >= 0.6 is 38.5 Å². The molecule has 94 valence electrons. The molecule has 0 unspecified atom stereocenters. The molecule has 0 saturated heterocycles. The van der Waals surface area contributed by atoms with Gasteiger partial charge in [-0.05, 0) is 46.9 Å². The summed E-state index contributed by atoms with van der Waals surface area (Å²) < 4.78 is 7.59. The van der Waals surface area contributed by atoms with Gasteiger partial charge >= 0.3 is 0 Å². The Morgan fingerprint density at radius 2 is 1.58 bits per heavy atom. The van der Waals surface area contributed by atoms with Crippen molar-refractivity contribution >= 4 is 38.5 Å². The van der Waals surface area contributed by atoms with Gasteiger partial charge in [0.25, 0.3) is 0 Å². The van der Waals surface area contributed by atoms with Gasteiger partial charge in [0.15, 0.2) is 5.76 Å². The number of rotatable bonds is 2. The molecule has 2 aromatic carbocycles. The Morgan fingerprint density at radius 3 is 2.26 bits per heavy atom. The zero-order chi connectivity index (χ0) is 13.2. The van der Waals surface area contributed by atoms with Crippen LogP contribution in [0.25, 0.3) is 22.6 Å². The Bertz CT molecular complexity index is 692. The van der Waals surface area contributed by atoms with Gasteiger partial charge in [-0.2, -0.15) is 0 Å². The van der Waals surface area contributed by atoms with Crippen LogP contribution < -0.4 is 0 Å². The van der Waals surface area contributed by atoms with Gasteiger partial charge in [-0.15, -0.1) is 0 Å². The molecule has 0 radical (unpaired) electrons. The van der Waals surface area contributed by atoms with E-state index in [9.17, 15) is 0 Å². The first-order valence-electron chi connectivity index (χ1n) is 5.72. The average molecular weight is 426 g/mol. The predicted molar refractivity (Wildman–Crippen MR) is 87.8 cm³/mol. The minimum absolute atomic E-state index is 0.812. The number of hydrogen-bond acceptors (Lipinski definition) is 2. The molecule has 0 spiro atoms. The van der Waals surface area contributed by atoms with Crippen molar-refractivity contribution in [1.82, 2.24) is 5.16 Å². The summed E-state index contributed by atoms with van der Waals surface area (Å²) in [5.74, 6) is 0.812. The molecule has 0 amide bonds. The summed E-state index contributed by atoms with van der Waals surface area (Å²) in [6, 6.07) is 18.1. The minimum atomic E-state index is 0.812. The second-order valence-electron chi connectivity index (χ2n) is 4.05. The lowest BCUT2D eigenvalue weighted by molar-refractivity contribution is 0.434. The average Bonchev–Trinajstić information content (AvgIpc) is 2.83. The number of halogens is 2. The minimum Gasteiger partial charge on any atom is -0.354 e. The molecule has 19 heavy (non-hydrogen) atoms. The van der Waals surface area contributed by atoms with Crippen molar-refractivity contribution in [2.45, 2.75) is 0 Å². The van der Waals surface area contributed by atoms with Crippen molar-refractivity contribution < 1.29 is 4.52 Å². The third kappa shape index (κ3) is 2.60. The summed E-state index contributed by atoms with van der Waals surface area (Å²) >= 11 is 5.71. The summed E-state index contributed by atoms with van der Waals surface area (Å²) in [6.45, 7) is 0. The maximum Gasteiger partial charge on any atom is 0.180 e. The first-order chi connectivity index (χ1) is 9.25. The maximum atomic E-state index is 5.50. The van der Waals surface area contributed by atoms with E-state index in [0.29, 0.717) is 0 Å². The highest BCUT2D eigenvalue weighted by molar-refractivity contribution is 14.1. The lowest BCUT2D eigenvalue weighted by atomic mass is 10.1. The van der Waals surface area contributed by atoms with E-state index in [2.05, 4.69) is 43.7 Å². The molecule has 1 aromatic heterocycles. The summed E-state index contributed by atoms with van der Waals surface area (Å²) in [5, 5.41) is 4.19. The third-order valence-electron chi connectivity index (χ3n) is 2.79. The van der Waals surface area contributed by atoms with Gasteiger partial charge < -0.3 is 4.52 Å². The predicted octanol–water partition coefficient (Wildman–Crippen LogP) is 5.38. The molecular weight excluding hydrogens is 417 g/mol. The smallest absolute Gasteiger partial charge is 0.180 e. The van der Waals surface area contributed by atoms with Crippen LogP contribution in [0.4, 0.5) is 0 Å². The molecular formula is C15H9BrINO. The summed E-state index contributed by atoms with van der Waals surface area (Å²) in [5.41, 5.74) is 2.99. The Morgan fingerprint density at radius 1 is 0.895 bits per heavy atom. The van der Waals surface area contributed by atoms with Gasteiger partial charge in [0.2, 0.25) is 0 Å². The molecule has 0 aliphatic carbocycles. The monoisotopic (exact) mass is 425 g/mol. The van der Waals surface area contributed by atoms with E-state index >= 15 is 0 Å². The van der Waals surface area contributed by atoms with Gasteiger partial charge in [-0.1, -0.05) is 51.4 Å². The van der Waals surface area contributed by atoms with E-state index < -0.39 is 0 Å². The normalized spacial score (nSPS) is 10.6. The lowest BCUT2D eigenvalue weighted by Gasteiger charge is -1.98. The van der Waals surface area contributed by atoms with Gasteiger partial charge in [0.1, 0.15) is 5.69 Å². The lowest BCUT2D eigenvalue weighted by Crippen LogP contribution is -1.81. The summed E-state index contributed by atoms with van der Waals surface area (Å²) in [7, 11) is 0. The van der Waals surface area contributed by atoms with Crippen molar-refractivity contribution in [3.63, 3.8) is 0 Å². The van der Waals surface area contributed by atoms with E-state index in [4.69, 9.17) is 4.52 Å². The van der Waals surface area contributed by atoms with Crippen LogP contribution in [0.2, 0.25) is 0 Å². The third-order valence-corrected chi connectivity index (χ3v) is 4.32. The van der Waals surface area contributed by atoms with Crippen LogP contribution in [0.3, 0.4) is 0 Å². The van der Waals surface area contributed by atoms with Crippen molar-refractivity contribution in [3.05, 3.63) is 62.6 Å². The largest absolute Gasteiger partial charge is 0.354 e. The second kappa shape index (κ2) is 5.46. The quantitative estimate of drug-likeness (QED) is 0.515. The standard InChI is InChI=1S/C15H9BrINO/c16-12-8-6-11(7-9-12)15-13(17)14(18-19-15)10-4-2-1-3-5-10/h1-9H. The molecule has 3 rings (SSSR count). The van der Waals surface area contributed by atoms with Gasteiger partial charge in [-0.25, -0.2) is 0 Å². The second-order valence-corrected chi connectivity index (χ2v) is 6.04. The molecule has 3 aromatic rings. The van der Waals surface area contributed by atoms with E-state index in [-0.39, 0.29) is 0 Å². The van der Waals surface area contributed by atoms with Crippen molar-refractivity contribution in [3.8, 4) is 22.6 Å². The first-order valence-corrected chi connectivity index (χ1v) is 7.59. The number of benzene rings is 2. The van der Waals surface area contributed by atoms with Crippen molar-refractivity contribution in [2.24, 2.45) is 0 Å². The van der Waals surface area contributed by atoms with Crippen LogP contribution in [-0.2, 0) is 0 Å². The Kier molecular flexibility index (Phi) is 3.70. The van der Waals surface area contributed by atoms with Crippen LogP contribution in [0.1, 0.15) is 0 Å². The van der Waals surface area contributed by atoms with Crippen LogP contribution in [0.5, 0.6) is 0 Å². The molecule has 2 nitrogen and oxygen atoms in total. The molecule has 0 atom stereocenters. The zero-order valence-electron chi connectivity index (χ0n) is 9.81. The fraction of sp³-hybridized carbons (Fsp3) is 0. The summed E-state index contributed by atoms with van der Waals surface area (Å²) in [6.07, 6.45) is 0. The number of hydrogen-bond donors (Lipinski definition) is 0. The van der Waals surface area contributed by atoms with E-state index in [1.54, 1.807) is 0 Å². The van der Waals surface area contributed by atoms with Gasteiger partial charge in [0.05, 0.1) is 3.57 Å². The molecule has 4 heteroatoms. The highest BCUT2D eigenvalue weighted by Gasteiger charge is 2.16. The van der Waals surface area contributed by atoms with Gasteiger partial charge in [0, 0.05) is 15.6 Å². The number of nitrogens with zero attached hydrogens (tertiary/aromatic N) is 1. The fourth-order valence-electron chi connectivity index (χ4n) is 1.84. The Labute approximate surface area is 133 Å². The molecule has 0 fully saturated rings. The van der Waals surface area contributed by atoms with Crippen LogP contribution in [0.15, 0.2) is 63.6 Å². The Balaban J connectivity index is 2.06. The molecule has 1 heterocycles. The van der Waals surface area contributed by atoms with E-state index in [1.165, 1.54) is 0 Å². The molecule has 0 aliphatic heterocycles. The van der Waals surface area contributed by atoms with Crippen molar-refractivity contribution in [1.29, 1.82) is 0 Å². The highest BCUT2D eigenvalue weighted by atomic mass is 127. The van der Waals surface area contributed by atoms with Crippen LogP contribution in [-0.4, -0.2) is 5.16 Å². The molecule has 0 saturated carbocycles. The van der Waals surface area contributed by atoms with E-state index in [0.717, 1.165) is 30.6 Å². The van der Waals surface area contributed by atoms with Gasteiger partial charge in [-0.3, -0.25) is 0 Å². The topological polar surface area (TPSA) is 26.0 Å². The Hall–Kier alpha value is -1.14. The van der Waals surface area contributed by atoms with Crippen LogP contribution in [0, 0.1) is 3.57 Å². The highest BCUT2D eigenvalue weighted by Crippen LogP contribution is 2.33. The molecule has 0 aliphatic rings. The molecule has 0 N–H and O–H groups in total. The first kappa shape index (κ1) is 12.9. The SMILES string of the molecule is Brc1ccc(-c2onc(-c3ccccc3)c2I)cc1. The van der Waals surface area contributed by atoms with E-state index in [1.807, 2.05) is 54.6 Å². The molecule has 0 bridgehead atoms. The van der Waals surface area contributed by atoms with Crippen molar-refractivity contribution in [2.75, 3.05) is 0 Å². The zero-order valence-corrected chi connectivity index (χ0v) is 13.6. The maximum absolute atomic E-state index is 5.50. The number of aromatic nitrogens is 1. The fourth-order valence-corrected chi connectivity index (χ4v) is 2.92. The summed E-state index contributed by atoms with van der Waals surface area (Å²) in [4.78, 5) is 0.